The van der Waals surface area contributed by atoms with E-state index in [9.17, 15) is 14.7 Å². The quantitative estimate of drug-likeness (QED) is 0.249. The number of Topliss-reactive ketones (excluding diaryl/α,β-unsaturated/α-hetero) is 1. The molecule has 2 aromatic carbocycles. The lowest BCUT2D eigenvalue weighted by molar-refractivity contribution is -0.140. The van der Waals surface area contributed by atoms with Crippen LogP contribution in [0.15, 0.2) is 48.0 Å². The van der Waals surface area contributed by atoms with Crippen LogP contribution in [0.3, 0.4) is 0 Å². The molecule has 2 atom stereocenters. The summed E-state index contributed by atoms with van der Waals surface area (Å²) in [5, 5.41) is 11.5. The summed E-state index contributed by atoms with van der Waals surface area (Å²) in [6, 6.07) is 12.3. The monoisotopic (exact) mass is 520 g/mol. The van der Waals surface area contributed by atoms with Crippen molar-refractivity contribution >= 4 is 17.4 Å². The minimum atomic E-state index is -0.706. The highest BCUT2D eigenvalue weighted by molar-refractivity contribution is 6.46. The summed E-state index contributed by atoms with van der Waals surface area (Å²) in [6.07, 6.45) is 1.72. The Morgan fingerprint density at radius 1 is 1.16 bits per heavy atom. The Hall–Kier alpha value is -3.32. The van der Waals surface area contributed by atoms with Gasteiger partial charge in [-0.05, 0) is 73.8 Å². The molecule has 1 amide bonds. The number of likely N-dealkylation sites (tertiary alicyclic amines) is 1. The Morgan fingerprint density at radius 2 is 1.92 bits per heavy atom. The van der Waals surface area contributed by atoms with Crippen molar-refractivity contribution in [1.29, 1.82) is 0 Å². The zero-order valence-electron chi connectivity index (χ0n) is 23.2. The number of rotatable bonds is 11. The summed E-state index contributed by atoms with van der Waals surface area (Å²) >= 11 is 0. The molecule has 1 fully saturated rings. The van der Waals surface area contributed by atoms with E-state index in [1.54, 1.807) is 11.0 Å². The minimum absolute atomic E-state index is 0.0616. The smallest absolute Gasteiger partial charge is 0.295 e. The van der Waals surface area contributed by atoms with E-state index in [-0.39, 0.29) is 17.4 Å². The van der Waals surface area contributed by atoms with Crippen molar-refractivity contribution in [3.8, 4) is 11.5 Å². The molecule has 0 aromatic heterocycles. The summed E-state index contributed by atoms with van der Waals surface area (Å²) in [4.78, 5) is 30.6. The third-order valence-electron chi connectivity index (χ3n) is 7.40. The average molecular weight is 521 g/mol. The molecular formula is C31H40N2O5. The van der Waals surface area contributed by atoms with Gasteiger partial charge in [0, 0.05) is 25.1 Å². The fourth-order valence-corrected chi connectivity index (χ4v) is 5.16. The Morgan fingerprint density at radius 3 is 2.63 bits per heavy atom. The minimum Gasteiger partial charge on any atom is -0.507 e. The summed E-state index contributed by atoms with van der Waals surface area (Å²) < 4.78 is 11.8. The third kappa shape index (κ3) is 5.88. The van der Waals surface area contributed by atoms with Crippen molar-refractivity contribution in [2.75, 3.05) is 32.8 Å². The van der Waals surface area contributed by atoms with E-state index < -0.39 is 17.7 Å². The van der Waals surface area contributed by atoms with E-state index in [0.717, 1.165) is 42.8 Å². The second-order valence-corrected chi connectivity index (χ2v) is 10.6. The van der Waals surface area contributed by atoms with Gasteiger partial charge in [-0.25, -0.2) is 0 Å². The van der Waals surface area contributed by atoms with E-state index in [0.29, 0.717) is 36.9 Å². The average Bonchev–Trinajstić information content (AvgIpc) is 3.39. The van der Waals surface area contributed by atoms with Crippen molar-refractivity contribution in [3.05, 3.63) is 64.7 Å². The molecular weight excluding hydrogens is 480 g/mol. The van der Waals surface area contributed by atoms with Crippen LogP contribution in [0, 0.1) is 5.92 Å². The maximum atomic E-state index is 13.4. The Balaban J connectivity index is 1.74. The van der Waals surface area contributed by atoms with Gasteiger partial charge < -0.3 is 24.4 Å². The van der Waals surface area contributed by atoms with Crippen LogP contribution >= 0.6 is 0 Å². The predicted molar refractivity (Wildman–Crippen MR) is 148 cm³/mol. The van der Waals surface area contributed by atoms with Crippen molar-refractivity contribution in [1.82, 2.24) is 9.80 Å². The largest absolute Gasteiger partial charge is 0.507 e. The highest BCUT2D eigenvalue weighted by atomic mass is 16.5. The SMILES string of the molecule is CCN(CC)CCN1C(=O)C(=O)/C(=C(/O)c2ccc3c(c2)C[C@H](C)O3)[C@@H]1c1cccc(OCCC(C)C)c1. The number of amides is 1. The van der Waals surface area contributed by atoms with Gasteiger partial charge in [-0.15, -0.1) is 0 Å². The number of nitrogens with zero attached hydrogens (tertiary/aromatic N) is 2. The molecule has 0 unspecified atom stereocenters. The number of aliphatic hydroxyl groups is 1. The third-order valence-corrected chi connectivity index (χ3v) is 7.40. The topological polar surface area (TPSA) is 79.3 Å². The summed E-state index contributed by atoms with van der Waals surface area (Å²) in [5.41, 5.74) is 2.35. The molecule has 204 valence electrons. The lowest BCUT2D eigenvalue weighted by atomic mass is 9.94. The maximum absolute atomic E-state index is 13.4. The van der Waals surface area contributed by atoms with Crippen molar-refractivity contribution in [2.24, 2.45) is 5.92 Å². The Kier molecular flexibility index (Phi) is 8.77. The number of benzene rings is 2. The molecule has 2 heterocycles. The molecule has 4 rings (SSSR count). The first kappa shape index (κ1) is 27.7. The van der Waals surface area contributed by atoms with Gasteiger partial charge in [-0.1, -0.05) is 39.8 Å². The molecule has 0 aliphatic carbocycles. The molecule has 0 spiro atoms. The van der Waals surface area contributed by atoms with Crippen LogP contribution in [0.2, 0.25) is 0 Å². The Labute approximate surface area is 226 Å². The number of hydrogen-bond donors (Lipinski definition) is 1. The van der Waals surface area contributed by atoms with Gasteiger partial charge in [0.25, 0.3) is 11.7 Å². The van der Waals surface area contributed by atoms with Crippen molar-refractivity contribution in [2.45, 2.75) is 59.6 Å². The molecule has 2 aliphatic heterocycles. The summed E-state index contributed by atoms with van der Waals surface area (Å²) in [6.45, 7) is 13.7. The molecule has 0 saturated carbocycles. The van der Waals surface area contributed by atoms with Crippen LogP contribution in [0.25, 0.3) is 5.76 Å². The van der Waals surface area contributed by atoms with E-state index in [2.05, 4.69) is 32.6 Å². The zero-order valence-corrected chi connectivity index (χ0v) is 23.2. The van der Waals surface area contributed by atoms with Gasteiger partial charge in [-0.2, -0.15) is 0 Å². The number of carbonyl (C=O) groups excluding carboxylic acids is 2. The van der Waals surface area contributed by atoms with Gasteiger partial charge in [-0.3, -0.25) is 9.59 Å². The van der Waals surface area contributed by atoms with Gasteiger partial charge in [0.15, 0.2) is 0 Å². The first-order valence-electron chi connectivity index (χ1n) is 13.8. The molecule has 0 bridgehead atoms. The Bertz CT molecular complexity index is 1200. The highest BCUT2D eigenvalue weighted by Crippen LogP contribution is 2.41. The molecule has 7 nitrogen and oxygen atoms in total. The lowest BCUT2D eigenvalue weighted by Crippen LogP contribution is -2.38. The number of aliphatic hydroxyl groups excluding tert-OH is 1. The molecule has 2 aromatic rings. The number of hydrogen-bond acceptors (Lipinski definition) is 6. The molecule has 0 radical (unpaired) electrons. The first-order valence-corrected chi connectivity index (χ1v) is 13.8. The first-order chi connectivity index (χ1) is 18.2. The lowest BCUT2D eigenvalue weighted by Gasteiger charge is -2.28. The van der Waals surface area contributed by atoms with Crippen LogP contribution in [0.4, 0.5) is 0 Å². The normalized spacial score (nSPS) is 20.3. The number of fused-ring (bicyclic) bond motifs is 1. The van der Waals surface area contributed by atoms with Gasteiger partial charge in [0.05, 0.1) is 18.2 Å². The number of likely N-dealkylation sites (N-methyl/N-ethyl adjacent to an activating group) is 1. The number of ketones is 1. The van der Waals surface area contributed by atoms with Crippen LogP contribution in [0.1, 0.15) is 63.8 Å². The van der Waals surface area contributed by atoms with Crippen LogP contribution in [-0.2, 0) is 16.0 Å². The predicted octanol–water partition coefficient (Wildman–Crippen LogP) is 5.20. The van der Waals surface area contributed by atoms with Crippen molar-refractivity contribution in [3.63, 3.8) is 0 Å². The van der Waals surface area contributed by atoms with E-state index in [1.807, 2.05) is 43.3 Å². The van der Waals surface area contributed by atoms with E-state index >= 15 is 0 Å². The van der Waals surface area contributed by atoms with Crippen LogP contribution in [0.5, 0.6) is 11.5 Å². The second kappa shape index (κ2) is 12.0. The standard InChI is InChI=1S/C31H40N2O5/c1-6-32(7-2)14-15-33-28(22-9-8-10-25(19-22)37-16-13-20(3)4)27(30(35)31(33)36)29(34)23-11-12-26-24(18-23)17-21(5)38-26/h8-12,18-21,28,34H,6-7,13-17H2,1-5H3/b29-27+/t21-,28-/m0/s1. The maximum Gasteiger partial charge on any atom is 0.295 e. The van der Waals surface area contributed by atoms with Gasteiger partial charge >= 0.3 is 0 Å². The van der Waals surface area contributed by atoms with E-state index in [1.165, 1.54) is 0 Å². The number of carbonyl (C=O) groups is 2. The molecule has 7 heteroatoms. The molecule has 38 heavy (non-hydrogen) atoms. The zero-order chi connectivity index (χ0) is 27.4. The number of ether oxygens (including phenoxy) is 2. The fraction of sp³-hybridized carbons (Fsp3) is 0.484. The molecule has 1 saturated heterocycles. The van der Waals surface area contributed by atoms with Crippen LogP contribution < -0.4 is 9.47 Å². The summed E-state index contributed by atoms with van der Waals surface area (Å²) in [7, 11) is 0. The van der Waals surface area contributed by atoms with Crippen molar-refractivity contribution < 1.29 is 24.2 Å². The van der Waals surface area contributed by atoms with Gasteiger partial charge in [0.1, 0.15) is 23.4 Å². The van der Waals surface area contributed by atoms with Gasteiger partial charge in [0.2, 0.25) is 0 Å². The molecule has 1 N–H and O–H groups in total. The van der Waals surface area contributed by atoms with E-state index in [4.69, 9.17) is 9.47 Å². The highest BCUT2D eigenvalue weighted by Gasteiger charge is 2.46. The second-order valence-electron chi connectivity index (χ2n) is 10.6. The molecule has 2 aliphatic rings. The summed E-state index contributed by atoms with van der Waals surface area (Å²) in [5.74, 6) is 0.576. The van der Waals surface area contributed by atoms with Crippen LogP contribution in [-0.4, -0.2) is 65.5 Å². The fourth-order valence-electron chi connectivity index (χ4n) is 5.16.